The van der Waals surface area contributed by atoms with Crippen molar-refractivity contribution in [3.63, 3.8) is 0 Å². The molecule has 0 fully saturated rings. The normalized spacial score (nSPS) is 11.3. The summed E-state index contributed by atoms with van der Waals surface area (Å²) in [5.74, 6) is 0. The first-order valence-electron chi connectivity index (χ1n) is 5.17. The van der Waals surface area contributed by atoms with E-state index < -0.39 is 0 Å². The molecule has 0 aliphatic carbocycles. The van der Waals surface area contributed by atoms with Crippen LogP contribution in [0.15, 0.2) is 24.4 Å². The summed E-state index contributed by atoms with van der Waals surface area (Å²) in [6.07, 6.45) is 3.61. The fourth-order valence-corrected chi connectivity index (χ4v) is 2.92. The van der Waals surface area contributed by atoms with E-state index in [-0.39, 0.29) is 0 Å². The molecular formula is C12H10N2OS. The van der Waals surface area contributed by atoms with Crippen molar-refractivity contribution >= 4 is 32.8 Å². The van der Waals surface area contributed by atoms with Crippen molar-refractivity contribution in [1.82, 2.24) is 9.38 Å². The van der Waals surface area contributed by atoms with Crippen LogP contribution >= 0.6 is 11.3 Å². The molecule has 0 saturated heterocycles. The highest BCUT2D eigenvalue weighted by Crippen LogP contribution is 2.27. The van der Waals surface area contributed by atoms with Crippen molar-refractivity contribution in [2.75, 3.05) is 0 Å². The van der Waals surface area contributed by atoms with Gasteiger partial charge >= 0.3 is 0 Å². The van der Waals surface area contributed by atoms with Crippen LogP contribution in [0.4, 0.5) is 0 Å². The average molecular weight is 230 g/mol. The van der Waals surface area contributed by atoms with E-state index in [9.17, 15) is 4.79 Å². The Morgan fingerprint density at radius 2 is 2.38 bits per heavy atom. The maximum absolute atomic E-state index is 10.6. The first-order valence-corrected chi connectivity index (χ1v) is 5.99. The average Bonchev–Trinajstić information content (AvgIpc) is 2.84. The summed E-state index contributed by atoms with van der Waals surface area (Å²) >= 11 is 1.62. The highest BCUT2D eigenvalue weighted by molar-refractivity contribution is 7.23. The van der Waals surface area contributed by atoms with Crippen LogP contribution in [-0.2, 0) is 6.42 Å². The largest absolute Gasteiger partial charge is 0.296 e. The second-order valence-corrected chi connectivity index (χ2v) is 4.70. The summed E-state index contributed by atoms with van der Waals surface area (Å²) in [6.45, 7) is 2.14. The Kier molecular flexibility index (Phi) is 2.04. The van der Waals surface area contributed by atoms with Gasteiger partial charge in [0.1, 0.15) is 5.69 Å². The molecule has 16 heavy (non-hydrogen) atoms. The summed E-state index contributed by atoms with van der Waals surface area (Å²) in [6, 6.07) is 6.40. The molecule has 2 aromatic heterocycles. The molecular weight excluding hydrogens is 220 g/mol. The number of thiazole rings is 1. The predicted molar refractivity (Wildman–Crippen MR) is 65.3 cm³/mol. The maximum Gasteiger partial charge on any atom is 0.195 e. The van der Waals surface area contributed by atoms with E-state index in [4.69, 9.17) is 0 Å². The SMILES string of the molecule is CCc1ccc2c(c1)sc1nc(C=O)cn12. The van der Waals surface area contributed by atoms with Crippen LogP contribution < -0.4 is 0 Å². The molecule has 0 bridgehead atoms. The molecule has 0 spiro atoms. The molecule has 0 aliphatic rings. The van der Waals surface area contributed by atoms with E-state index in [1.165, 1.54) is 10.3 Å². The van der Waals surface area contributed by atoms with Crippen LogP contribution in [0.5, 0.6) is 0 Å². The zero-order valence-electron chi connectivity index (χ0n) is 8.80. The zero-order valence-corrected chi connectivity index (χ0v) is 9.62. The molecule has 0 atom stereocenters. The number of hydrogen-bond donors (Lipinski definition) is 0. The minimum atomic E-state index is 0.493. The second-order valence-electron chi connectivity index (χ2n) is 3.69. The highest BCUT2D eigenvalue weighted by Gasteiger charge is 2.08. The summed E-state index contributed by atoms with van der Waals surface area (Å²) in [4.78, 5) is 15.8. The minimum absolute atomic E-state index is 0.493. The molecule has 1 aromatic carbocycles. The Bertz CT molecular complexity index is 681. The first kappa shape index (κ1) is 9.54. The van der Waals surface area contributed by atoms with E-state index in [0.717, 1.165) is 23.2 Å². The van der Waals surface area contributed by atoms with Crippen LogP contribution in [0.25, 0.3) is 15.2 Å². The molecule has 2 heterocycles. The number of nitrogens with zero attached hydrogens (tertiary/aromatic N) is 2. The lowest BCUT2D eigenvalue weighted by Crippen LogP contribution is -1.81. The minimum Gasteiger partial charge on any atom is -0.296 e. The summed E-state index contributed by atoms with van der Waals surface area (Å²) in [5, 5.41) is 0. The number of carbonyl (C=O) groups is 1. The lowest BCUT2D eigenvalue weighted by atomic mass is 10.2. The number of imidazole rings is 1. The number of rotatable bonds is 2. The molecule has 80 valence electrons. The molecule has 0 amide bonds. The zero-order chi connectivity index (χ0) is 11.1. The van der Waals surface area contributed by atoms with Crippen molar-refractivity contribution in [1.29, 1.82) is 0 Å². The van der Waals surface area contributed by atoms with Gasteiger partial charge in [0, 0.05) is 6.20 Å². The predicted octanol–water partition coefficient (Wildman–Crippen LogP) is 2.92. The van der Waals surface area contributed by atoms with E-state index in [1.807, 2.05) is 4.40 Å². The van der Waals surface area contributed by atoms with Crippen LogP contribution in [0.1, 0.15) is 23.0 Å². The van der Waals surface area contributed by atoms with Gasteiger partial charge in [0.25, 0.3) is 0 Å². The molecule has 0 saturated carbocycles. The van der Waals surface area contributed by atoms with E-state index in [2.05, 4.69) is 30.1 Å². The molecule has 0 radical (unpaired) electrons. The molecule has 4 heteroatoms. The quantitative estimate of drug-likeness (QED) is 0.634. The second kappa shape index (κ2) is 3.42. The van der Waals surface area contributed by atoms with Gasteiger partial charge in [0.05, 0.1) is 10.2 Å². The highest BCUT2D eigenvalue weighted by atomic mass is 32.1. The fraction of sp³-hybridized carbons (Fsp3) is 0.167. The Labute approximate surface area is 96.3 Å². The van der Waals surface area contributed by atoms with Gasteiger partial charge in [-0.3, -0.25) is 9.20 Å². The standard InChI is InChI=1S/C12H10N2OS/c1-2-8-3-4-10-11(5-8)16-12-13-9(7-15)6-14(10)12/h3-7H,2H2,1H3. The van der Waals surface area contributed by atoms with Gasteiger partial charge in [0.15, 0.2) is 11.2 Å². The number of fused-ring (bicyclic) bond motifs is 3. The third kappa shape index (κ3) is 1.27. The Hall–Kier alpha value is -1.68. The van der Waals surface area contributed by atoms with Crippen LogP contribution in [-0.4, -0.2) is 15.7 Å². The Balaban J connectivity index is 2.35. The van der Waals surface area contributed by atoms with Crippen molar-refractivity contribution in [2.45, 2.75) is 13.3 Å². The van der Waals surface area contributed by atoms with Crippen molar-refractivity contribution < 1.29 is 4.79 Å². The fourth-order valence-electron chi connectivity index (χ4n) is 1.84. The van der Waals surface area contributed by atoms with Gasteiger partial charge in [-0.05, 0) is 24.1 Å². The van der Waals surface area contributed by atoms with Gasteiger partial charge in [-0.15, -0.1) is 0 Å². The first-order chi connectivity index (χ1) is 7.81. The Morgan fingerprint density at radius 3 is 3.12 bits per heavy atom. The number of aryl methyl sites for hydroxylation is 1. The lowest BCUT2D eigenvalue weighted by Gasteiger charge is -1.95. The molecule has 3 aromatic rings. The van der Waals surface area contributed by atoms with Gasteiger partial charge in [0.2, 0.25) is 0 Å². The number of carbonyl (C=O) groups excluding carboxylic acids is 1. The van der Waals surface area contributed by atoms with Crippen molar-refractivity contribution in [2.24, 2.45) is 0 Å². The van der Waals surface area contributed by atoms with Gasteiger partial charge in [-0.25, -0.2) is 4.98 Å². The number of benzene rings is 1. The number of aromatic nitrogens is 2. The van der Waals surface area contributed by atoms with Gasteiger partial charge < -0.3 is 0 Å². The monoisotopic (exact) mass is 230 g/mol. The van der Waals surface area contributed by atoms with Crippen LogP contribution in [0, 0.1) is 0 Å². The number of hydrogen-bond acceptors (Lipinski definition) is 3. The lowest BCUT2D eigenvalue weighted by molar-refractivity contribution is 0.111. The third-order valence-electron chi connectivity index (χ3n) is 2.71. The summed E-state index contributed by atoms with van der Waals surface area (Å²) in [7, 11) is 0. The summed E-state index contributed by atoms with van der Waals surface area (Å²) in [5.41, 5.74) is 2.94. The topological polar surface area (TPSA) is 34.4 Å². The Morgan fingerprint density at radius 1 is 1.50 bits per heavy atom. The van der Waals surface area contributed by atoms with Crippen molar-refractivity contribution in [3.05, 3.63) is 35.7 Å². The summed E-state index contributed by atoms with van der Waals surface area (Å²) < 4.78 is 3.20. The maximum atomic E-state index is 10.6. The van der Waals surface area contributed by atoms with Gasteiger partial charge in [-0.1, -0.05) is 24.3 Å². The van der Waals surface area contributed by atoms with E-state index in [1.54, 1.807) is 17.5 Å². The van der Waals surface area contributed by atoms with E-state index in [0.29, 0.717) is 5.69 Å². The van der Waals surface area contributed by atoms with Crippen LogP contribution in [0.3, 0.4) is 0 Å². The molecule has 0 N–H and O–H groups in total. The number of aldehydes is 1. The third-order valence-corrected chi connectivity index (χ3v) is 3.72. The van der Waals surface area contributed by atoms with Crippen LogP contribution in [0.2, 0.25) is 0 Å². The molecule has 0 aliphatic heterocycles. The molecule has 3 rings (SSSR count). The smallest absolute Gasteiger partial charge is 0.195 e. The molecule has 3 nitrogen and oxygen atoms in total. The van der Waals surface area contributed by atoms with E-state index >= 15 is 0 Å². The molecule has 0 unspecified atom stereocenters. The van der Waals surface area contributed by atoms with Gasteiger partial charge in [-0.2, -0.15) is 0 Å². The van der Waals surface area contributed by atoms with Crippen molar-refractivity contribution in [3.8, 4) is 0 Å².